The molecule has 134 valence electrons. The first kappa shape index (κ1) is 20.7. The highest BCUT2D eigenvalue weighted by atomic mass is 127. The number of hydrogen-bond acceptors (Lipinski definition) is 2. The van der Waals surface area contributed by atoms with Crippen LogP contribution >= 0.6 is 24.0 Å². The molecule has 1 amide bonds. The van der Waals surface area contributed by atoms with Crippen LogP contribution in [0.5, 0.6) is 0 Å². The molecule has 0 unspecified atom stereocenters. The molecule has 6 heteroatoms. The lowest BCUT2D eigenvalue weighted by Gasteiger charge is -2.16. The monoisotopic (exact) mass is 444 g/mol. The van der Waals surface area contributed by atoms with Gasteiger partial charge in [0.15, 0.2) is 5.96 Å². The SMILES string of the molecule is CCCNC(=NCc1cccc(CN2CCCC2=O)c1)NCC.I. The number of aliphatic imine (C=N–C) groups is 1. The zero-order chi connectivity index (χ0) is 16.5. The highest BCUT2D eigenvalue weighted by molar-refractivity contribution is 14.0. The summed E-state index contributed by atoms with van der Waals surface area (Å²) in [5, 5.41) is 6.56. The van der Waals surface area contributed by atoms with E-state index in [1.807, 2.05) is 11.0 Å². The van der Waals surface area contributed by atoms with E-state index in [0.717, 1.165) is 38.4 Å². The van der Waals surface area contributed by atoms with Gasteiger partial charge < -0.3 is 15.5 Å². The molecule has 1 fully saturated rings. The Hall–Kier alpha value is -1.31. The Morgan fingerprint density at radius 2 is 2.04 bits per heavy atom. The summed E-state index contributed by atoms with van der Waals surface area (Å²) in [7, 11) is 0. The maximum Gasteiger partial charge on any atom is 0.222 e. The topological polar surface area (TPSA) is 56.7 Å². The number of rotatable bonds is 7. The van der Waals surface area contributed by atoms with Gasteiger partial charge in [-0.25, -0.2) is 4.99 Å². The Morgan fingerprint density at radius 3 is 2.71 bits per heavy atom. The van der Waals surface area contributed by atoms with Crippen molar-refractivity contribution < 1.29 is 4.79 Å². The van der Waals surface area contributed by atoms with Crippen molar-refractivity contribution in [1.82, 2.24) is 15.5 Å². The van der Waals surface area contributed by atoms with Crippen molar-refractivity contribution in [2.24, 2.45) is 4.99 Å². The number of carbonyl (C=O) groups is 1. The molecule has 1 aliphatic rings. The molecule has 1 heterocycles. The molecule has 0 bridgehead atoms. The van der Waals surface area contributed by atoms with Crippen LogP contribution in [0.4, 0.5) is 0 Å². The smallest absolute Gasteiger partial charge is 0.222 e. The summed E-state index contributed by atoms with van der Waals surface area (Å²) in [5.41, 5.74) is 2.35. The molecule has 5 nitrogen and oxygen atoms in total. The van der Waals surface area contributed by atoms with Gasteiger partial charge >= 0.3 is 0 Å². The van der Waals surface area contributed by atoms with Crippen LogP contribution in [0.1, 0.15) is 44.2 Å². The summed E-state index contributed by atoms with van der Waals surface area (Å²) in [6.07, 6.45) is 2.75. The van der Waals surface area contributed by atoms with Crippen LogP contribution in [0, 0.1) is 0 Å². The second-order valence-corrected chi connectivity index (χ2v) is 5.86. The van der Waals surface area contributed by atoms with Crippen LogP contribution in [0.2, 0.25) is 0 Å². The first-order valence-electron chi connectivity index (χ1n) is 8.60. The lowest BCUT2D eigenvalue weighted by molar-refractivity contribution is -0.128. The molecule has 2 N–H and O–H groups in total. The number of hydrogen-bond donors (Lipinski definition) is 2. The van der Waals surface area contributed by atoms with Crippen molar-refractivity contribution in [3.63, 3.8) is 0 Å². The van der Waals surface area contributed by atoms with E-state index in [1.54, 1.807) is 0 Å². The summed E-state index contributed by atoms with van der Waals surface area (Å²) in [6.45, 7) is 8.21. The van der Waals surface area contributed by atoms with Gasteiger partial charge in [-0.3, -0.25) is 4.79 Å². The number of halogens is 1. The second-order valence-electron chi connectivity index (χ2n) is 5.86. The molecule has 0 spiro atoms. The van der Waals surface area contributed by atoms with Gasteiger partial charge in [0.05, 0.1) is 6.54 Å². The van der Waals surface area contributed by atoms with Crippen molar-refractivity contribution in [2.75, 3.05) is 19.6 Å². The van der Waals surface area contributed by atoms with Crippen LogP contribution in [-0.2, 0) is 17.9 Å². The molecule has 0 saturated carbocycles. The van der Waals surface area contributed by atoms with Gasteiger partial charge in [-0.15, -0.1) is 24.0 Å². The largest absolute Gasteiger partial charge is 0.357 e. The first-order valence-corrected chi connectivity index (χ1v) is 8.60. The van der Waals surface area contributed by atoms with E-state index in [1.165, 1.54) is 11.1 Å². The van der Waals surface area contributed by atoms with Gasteiger partial charge in [-0.05, 0) is 30.9 Å². The molecule has 0 radical (unpaired) electrons. The third kappa shape index (κ3) is 6.67. The van der Waals surface area contributed by atoms with Crippen molar-refractivity contribution >= 4 is 35.8 Å². The van der Waals surface area contributed by atoms with E-state index in [9.17, 15) is 4.79 Å². The Labute approximate surface area is 162 Å². The first-order chi connectivity index (χ1) is 11.2. The minimum absolute atomic E-state index is 0. The number of benzene rings is 1. The van der Waals surface area contributed by atoms with E-state index in [2.05, 4.69) is 47.7 Å². The van der Waals surface area contributed by atoms with Gasteiger partial charge in [0.1, 0.15) is 0 Å². The third-order valence-electron chi connectivity index (χ3n) is 3.84. The summed E-state index contributed by atoms with van der Waals surface area (Å²) < 4.78 is 0. The van der Waals surface area contributed by atoms with E-state index in [0.29, 0.717) is 19.5 Å². The van der Waals surface area contributed by atoms with Crippen LogP contribution in [0.3, 0.4) is 0 Å². The number of carbonyl (C=O) groups excluding carboxylic acids is 1. The standard InChI is InChI=1S/C18H28N4O.HI/c1-3-10-20-18(19-4-2)21-13-15-7-5-8-16(12-15)14-22-11-6-9-17(22)23;/h5,7-8,12H,3-4,6,9-11,13-14H2,1-2H3,(H2,19,20,21);1H. The minimum Gasteiger partial charge on any atom is -0.357 e. The maximum atomic E-state index is 11.7. The molecule has 2 rings (SSSR count). The summed E-state index contributed by atoms with van der Waals surface area (Å²) in [5.74, 6) is 1.13. The fourth-order valence-corrected chi connectivity index (χ4v) is 2.67. The van der Waals surface area contributed by atoms with Crippen molar-refractivity contribution in [3.8, 4) is 0 Å². The van der Waals surface area contributed by atoms with Gasteiger partial charge in [0.2, 0.25) is 5.91 Å². The van der Waals surface area contributed by atoms with Gasteiger partial charge in [-0.2, -0.15) is 0 Å². The summed E-state index contributed by atoms with van der Waals surface area (Å²) >= 11 is 0. The van der Waals surface area contributed by atoms with Gasteiger partial charge in [-0.1, -0.05) is 31.2 Å². The van der Waals surface area contributed by atoms with Crippen LogP contribution in [0.25, 0.3) is 0 Å². The molecule has 0 aromatic heterocycles. The maximum absolute atomic E-state index is 11.7. The van der Waals surface area contributed by atoms with E-state index in [4.69, 9.17) is 0 Å². The molecule has 1 aromatic carbocycles. The van der Waals surface area contributed by atoms with E-state index >= 15 is 0 Å². The summed E-state index contributed by atoms with van der Waals surface area (Å²) in [6, 6.07) is 8.37. The van der Waals surface area contributed by atoms with Crippen LogP contribution in [-0.4, -0.2) is 36.4 Å². The van der Waals surface area contributed by atoms with E-state index < -0.39 is 0 Å². The molecule has 24 heavy (non-hydrogen) atoms. The van der Waals surface area contributed by atoms with Gasteiger partial charge in [0.25, 0.3) is 0 Å². The third-order valence-corrected chi connectivity index (χ3v) is 3.84. The molecule has 0 aliphatic carbocycles. The van der Waals surface area contributed by atoms with Crippen molar-refractivity contribution in [3.05, 3.63) is 35.4 Å². The number of nitrogens with zero attached hydrogens (tertiary/aromatic N) is 2. The number of likely N-dealkylation sites (tertiary alicyclic amines) is 1. The predicted octanol–water partition coefficient (Wildman–Crippen LogP) is 2.89. The quantitative estimate of drug-likeness (QED) is 0.387. The highest BCUT2D eigenvalue weighted by Gasteiger charge is 2.19. The molecule has 1 saturated heterocycles. The molecule has 0 atom stereocenters. The van der Waals surface area contributed by atoms with E-state index in [-0.39, 0.29) is 29.9 Å². The summed E-state index contributed by atoms with van der Waals surface area (Å²) in [4.78, 5) is 18.3. The average molecular weight is 444 g/mol. The Morgan fingerprint density at radius 1 is 1.25 bits per heavy atom. The number of nitrogens with one attached hydrogen (secondary N) is 2. The molecule has 1 aromatic rings. The Bertz CT molecular complexity index is 548. The average Bonchev–Trinajstić information content (AvgIpc) is 2.95. The fraction of sp³-hybridized carbons (Fsp3) is 0.556. The molecular weight excluding hydrogens is 415 g/mol. The predicted molar refractivity (Wildman–Crippen MR) is 110 cm³/mol. The fourth-order valence-electron chi connectivity index (χ4n) is 2.67. The van der Waals surface area contributed by atoms with Crippen LogP contribution in [0.15, 0.2) is 29.3 Å². The normalized spacial score (nSPS) is 14.5. The van der Waals surface area contributed by atoms with Crippen molar-refractivity contribution in [1.29, 1.82) is 0 Å². The zero-order valence-corrected chi connectivity index (χ0v) is 17.0. The lowest BCUT2D eigenvalue weighted by Crippen LogP contribution is -2.37. The molecule has 1 aliphatic heterocycles. The highest BCUT2D eigenvalue weighted by Crippen LogP contribution is 2.15. The molecular formula is C18H29IN4O. The minimum atomic E-state index is 0. The Balaban J connectivity index is 0.00000288. The lowest BCUT2D eigenvalue weighted by atomic mass is 10.1. The van der Waals surface area contributed by atoms with Gasteiger partial charge in [0, 0.05) is 32.6 Å². The van der Waals surface area contributed by atoms with Crippen LogP contribution < -0.4 is 10.6 Å². The van der Waals surface area contributed by atoms with Crippen molar-refractivity contribution in [2.45, 2.75) is 46.2 Å². The second kappa shape index (κ2) is 11.3. The zero-order valence-electron chi connectivity index (χ0n) is 14.7. The number of guanidine groups is 1. The number of amides is 1. The Kier molecular flexibility index (Phi) is 9.75.